The van der Waals surface area contributed by atoms with Crippen LogP contribution in [0.2, 0.25) is 0 Å². The summed E-state index contributed by atoms with van der Waals surface area (Å²) in [7, 11) is 1.37. The minimum absolute atomic E-state index is 0.118. The van der Waals surface area contributed by atoms with Gasteiger partial charge in [0, 0.05) is 12.6 Å². The third-order valence-electron chi connectivity index (χ3n) is 6.13. The number of nitrogens with one attached hydrogen (secondary N) is 1. The van der Waals surface area contributed by atoms with Gasteiger partial charge in [-0.25, -0.2) is 9.55 Å². The maximum Gasteiger partial charge on any atom is 0.266 e. The molecule has 0 bridgehead atoms. The van der Waals surface area contributed by atoms with Crippen LogP contribution in [-0.4, -0.2) is 19.1 Å². The number of aryl methyl sites for hydroxylation is 1. The van der Waals surface area contributed by atoms with Crippen LogP contribution < -0.4 is 22.2 Å². The molecular formula is C25H16N4O4. The van der Waals surface area contributed by atoms with Gasteiger partial charge in [-0.05, 0) is 61.0 Å². The lowest BCUT2D eigenvalue weighted by Crippen LogP contribution is -2.23. The van der Waals surface area contributed by atoms with Crippen molar-refractivity contribution in [3.8, 4) is 17.1 Å². The first-order valence-electron chi connectivity index (χ1n) is 10.3. The van der Waals surface area contributed by atoms with Crippen LogP contribution in [0.25, 0.3) is 49.7 Å². The molecule has 3 heterocycles. The molecule has 160 valence electrons. The van der Waals surface area contributed by atoms with Crippen LogP contribution in [0.15, 0.2) is 73.8 Å². The molecule has 6 rings (SSSR count). The third-order valence-corrected chi connectivity index (χ3v) is 6.13. The van der Waals surface area contributed by atoms with E-state index >= 15 is 0 Å². The molecule has 33 heavy (non-hydrogen) atoms. The first-order chi connectivity index (χ1) is 15.8. The SMILES string of the molecule is Cc1ccc2nc(-c3ccc(-n4c(=O)c5cc6c(=O)n(C)c(=O)c6cc5c4=O)cc3)[nH]c2c1. The van der Waals surface area contributed by atoms with E-state index in [1.165, 1.54) is 19.2 Å². The summed E-state index contributed by atoms with van der Waals surface area (Å²) in [5.74, 6) is 0.682. The Morgan fingerprint density at radius 1 is 0.727 bits per heavy atom. The Kier molecular flexibility index (Phi) is 3.74. The molecule has 0 aliphatic carbocycles. The van der Waals surface area contributed by atoms with Crippen molar-refractivity contribution >= 4 is 32.6 Å². The Bertz CT molecular complexity index is 1880. The zero-order valence-electron chi connectivity index (χ0n) is 17.7. The van der Waals surface area contributed by atoms with Crippen molar-refractivity contribution in [1.29, 1.82) is 0 Å². The van der Waals surface area contributed by atoms with Crippen molar-refractivity contribution in [2.45, 2.75) is 6.92 Å². The van der Waals surface area contributed by atoms with E-state index < -0.39 is 22.2 Å². The number of aromatic nitrogens is 4. The lowest BCUT2D eigenvalue weighted by atomic mass is 10.1. The van der Waals surface area contributed by atoms with E-state index in [4.69, 9.17) is 0 Å². The number of H-pyrrole nitrogens is 1. The highest BCUT2D eigenvalue weighted by atomic mass is 16.2. The maximum absolute atomic E-state index is 13.1. The van der Waals surface area contributed by atoms with E-state index in [0.29, 0.717) is 11.5 Å². The van der Waals surface area contributed by atoms with Crippen molar-refractivity contribution in [1.82, 2.24) is 19.1 Å². The Hall–Kier alpha value is -4.59. The lowest BCUT2D eigenvalue weighted by Gasteiger charge is -2.02. The Labute approximate surface area is 184 Å². The van der Waals surface area contributed by atoms with Gasteiger partial charge in [-0.3, -0.25) is 23.7 Å². The smallest absolute Gasteiger partial charge is 0.266 e. The van der Waals surface area contributed by atoms with Crippen LogP contribution in [-0.2, 0) is 7.05 Å². The maximum atomic E-state index is 13.1. The standard InChI is InChI=1S/C25H16N4O4/c1-12-3-8-19-20(9-12)27-21(26-19)13-4-6-14(7-5-13)29-24(32)17-10-15-16(11-18(17)25(29)33)23(31)28(2)22(15)30/h3-11H,1-2H3,(H,26,27). The highest BCUT2D eigenvalue weighted by Crippen LogP contribution is 2.23. The number of rotatable bonds is 2. The third kappa shape index (κ3) is 2.61. The van der Waals surface area contributed by atoms with Gasteiger partial charge < -0.3 is 4.98 Å². The Morgan fingerprint density at radius 3 is 1.91 bits per heavy atom. The molecular weight excluding hydrogens is 420 g/mol. The van der Waals surface area contributed by atoms with Gasteiger partial charge in [0.25, 0.3) is 22.2 Å². The number of imidazole rings is 1. The average molecular weight is 436 g/mol. The molecule has 0 spiro atoms. The lowest BCUT2D eigenvalue weighted by molar-refractivity contribution is 0.856. The van der Waals surface area contributed by atoms with Gasteiger partial charge in [-0.1, -0.05) is 6.07 Å². The molecule has 8 nitrogen and oxygen atoms in total. The molecule has 0 aliphatic rings. The first kappa shape index (κ1) is 19.1. The summed E-state index contributed by atoms with van der Waals surface area (Å²) >= 11 is 0. The van der Waals surface area contributed by atoms with Crippen molar-refractivity contribution < 1.29 is 0 Å². The number of hydrogen-bond donors (Lipinski definition) is 1. The van der Waals surface area contributed by atoms with Crippen LogP contribution in [0.5, 0.6) is 0 Å². The topological polar surface area (TPSA) is 107 Å². The zero-order valence-corrected chi connectivity index (χ0v) is 17.7. The molecule has 0 radical (unpaired) electrons. The summed E-state index contributed by atoms with van der Waals surface area (Å²) in [5.41, 5.74) is 2.08. The second kappa shape index (κ2) is 6.46. The Morgan fingerprint density at radius 2 is 1.30 bits per heavy atom. The fourth-order valence-corrected chi connectivity index (χ4v) is 4.36. The van der Waals surface area contributed by atoms with Crippen LogP contribution in [0.4, 0.5) is 0 Å². The van der Waals surface area contributed by atoms with E-state index in [-0.39, 0.29) is 21.5 Å². The number of fused-ring (bicyclic) bond motifs is 3. The van der Waals surface area contributed by atoms with E-state index in [0.717, 1.165) is 31.3 Å². The molecule has 1 N–H and O–H groups in total. The summed E-state index contributed by atoms with van der Waals surface area (Å²) in [6.45, 7) is 2.01. The second-order valence-electron chi connectivity index (χ2n) is 8.21. The van der Waals surface area contributed by atoms with Gasteiger partial charge in [-0.2, -0.15) is 0 Å². The molecule has 3 aromatic heterocycles. The van der Waals surface area contributed by atoms with Gasteiger partial charge in [0.1, 0.15) is 5.82 Å². The fourth-order valence-electron chi connectivity index (χ4n) is 4.36. The second-order valence-corrected chi connectivity index (χ2v) is 8.21. The van der Waals surface area contributed by atoms with Gasteiger partial charge in [0.15, 0.2) is 0 Å². The molecule has 0 amide bonds. The fraction of sp³-hybridized carbons (Fsp3) is 0.0800. The molecule has 8 heteroatoms. The number of aromatic amines is 1. The van der Waals surface area contributed by atoms with Gasteiger partial charge in [0.05, 0.1) is 38.3 Å². The van der Waals surface area contributed by atoms with Crippen LogP contribution in [0, 0.1) is 6.92 Å². The normalized spacial score (nSPS) is 11.8. The molecule has 0 fully saturated rings. The molecule has 0 saturated heterocycles. The summed E-state index contributed by atoms with van der Waals surface area (Å²) in [4.78, 5) is 58.6. The summed E-state index contributed by atoms with van der Waals surface area (Å²) in [6.07, 6.45) is 0. The average Bonchev–Trinajstić information content (AvgIpc) is 3.41. The molecule has 3 aromatic carbocycles. The summed E-state index contributed by atoms with van der Waals surface area (Å²) < 4.78 is 2.04. The number of benzene rings is 3. The van der Waals surface area contributed by atoms with Gasteiger partial charge >= 0.3 is 0 Å². The van der Waals surface area contributed by atoms with Crippen LogP contribution in [0.3, 0.4) is 0 Å². The molecule has 0 saturated carbocycles. The minimum atomic E-state index is -0.528. The van der Waals surface area contributed by atoms with Crippen LogP contribution >= 0.6 is 0 Å². The van der Waals surface area contributed by atoms with E-state index in [1.54, 1.807) is 24.3 Å². The summed E-state index contributed by atoms with van der Waals surface area (Å²) in [5, 5.41) is 0.512. The highest BCUT2D eigenvalue weighted by Gasteiger charge is 2.19. The summed E-state index contributed by atoms with van der Waals surface area (Å²) in [6, 6.07) is 15.6. The zero-order chi connectivity index (χ0) is 23.0. The molecule has 0 unspecified atom stereocenters. The minimum Gasteiger partial charge on any atom is -0.338 e. The largest absolute Gasteiger partial charge is 0.338 e. The van der Waals surface area contributed by atoms with E-state index in [2.05, 4.69) is 9.97 Å². The van der Waals surface area contributed by atoms with Crippen molar-refractivity contribution in [3.63, 3.8) is 0 Å². The van der Waals surface area contributed by atoms with Crippen molar-refractivity contribution in [2.24, 2.45) is 7.05 Å². The predicted molar refractivity (Wildman–Crippen MR) is 127 cm³/mol. The Balaban J connectivity index is 1.50. The predicted octanol–water partition coefficient (Wildman–Crippen LogP) is 2.29. The monoisotopic (exact) mass is 436 g/mol. The number of nitrogens with zero attached hydrogens (tertiary/aromatic N) is 3. The van der Waals surface area contributed by atoms with Crippen molar-refractivity contribution in [2.75, 3.05) is 0 Å². The molecule has 6 aromatic rings. The molecule has 0 aliphatic heterocycles. The first-order valence-corrected chi connectivity index (χ1v) is 10.3. The molecule has 0 atom stereocenters. The van der Waals surface area contributed by atoms with E-state index in [1.807, 2.05) is 25.1 Å². The van der Waals surface area contributed by atoms with E-state index in [9.17, 15) is 19.2 Å². The van der Waals surface area contributed by atoms with Crippen molar-refractivity contribution in [3.05, 3.63) is 102 Å². The van der Waals surface area contributed by atoms with Gasteiger partial charge in [0.2, 0.25) is 0 Å². The number of hydrogen-bond acceptors (Lipinski definition) is 5. The highest BCUT2D eigenvalue weighted by molar-refractivity contribution is 5.98. The van der Waals surface area contributed by atoms with Gasteiger partial charge in [-0.15, -0.1) is 0 Å². The van der Waals surface area contributed by atoms with Crippen LogP contribution in [0.1, 0.15) is 5.56 Å². The quantitative estimate of drug-likeness (QED) is 0.448.